The van der Waals surface area contributed by atoms with Crippen LogP contribution in [-0.2, 0) is 5.75 Å². The Morgan fingerprint density at radius 3 is 2.30 bits per heavy atom. The van der Waals surface area contributed by atoms with Crippen LogP contribution in [0.2, 0.25) is 10.0 Å². The topological polar surface area (TPSA) is 52.2 Å². The first-order valence-electron chi connectivity index (χ1n) is 9.15. The first kappa shape index (κ1) is 19.2. The fraction of sp³-hybridized carbons (Fsp3) is 0.0455. The highest BCUT2D eigenvalue weighted by atomic mass is 35.5. The molecule has 0 unspecified atom stereocenters. The maximum Gasteiger partial charge on any atom is 0.267 e. The number of halogens is 2. The lowest BCUT2D eigenvalue weighted by Gasteiger charge is -2.11. The summed E-state index contributed by atoms with van der Waals surface area (Å²) in [5.41, 5.74) is 2.18. The lowest BCUT2D eigenvalue weighted by atomic mass is 10.2. The summed E-state index contributed by atoms with van der Waals surface area (Å²) in [6.45, 7) is 0. The maximum absolute atomic E-state index is 13.3. The number of para-hydroxylation sites is 2. The SMILES string of the molecule is O=c1c2ccccc2n2c(SCc3c(Cl)cccc3Cl)nnc2n1-c1ccccc1. The van der Waals surface area contributed by atoms with Gasteiger partial charge in [-0.05, 0) is 42.0 Å². The second-order valence-corrected chi connectivity index (χ2v) is 8.36. The number of thioether (sulfide) groups is 1. The van der Waals surface area contributed by atoms with Crippen LogP contribution >= 0.6 is 35.0 Å². The van der Waals surface area contributed by atoms with Gasteiger partial charge >= 0.3 is 0 Å². The summed E-state index contributed by atoms with van der Waals surface area (Å²) < 4.78 is 3.49. The van der Waals surface area contributed by atoms with Crippen molar-refractivity contribution in [3.63, 3.8) is 0 Å². The molecular formula is C22H14Cl2N4OS. The Morgan fingerprint density at radius 2 is 1.53 bits per heavy atom. The molecule has 5 nitrogen and oxygen atoms in total. The van der Waals surface area contributed by atoms with Crippen LogP contribution < -0.4 is 5.56 Å². The average Bonchev–Trinajstić information content (AvgIpc) is 3.18. The standard InChI is InChI=1S/C22H14Cl2N4OS/c23-17-10-6-11-18(24)16(17)13-30-22-26-25-21-27(14-7-2-1-3-8-14)20(29)15-9-4-5-12-19(15)28(21)22/h1-12H,13H2. The Balaban J connectivity index is 1.72. The average molecular weight is 453 g/mol. The quantitative estimate of drug-likeness (QED) is 0.331. The molecule has 3 aromatic carbocycles. The number of fused-ring (bicyclic) bond motifs is 3. The Morgan fingerprint density at radius 1 is 0.833 bits per heavy atom. The summed E-state index contributed by atoms with van der Waals surface area (Å²) in [7, 11) is 0. The van der Waals surface area contributed by atoms with E-state index in [2.05, 4.69) is 10.2 Å². The fourth-order valence-electron chi connectivity index (χ4n) is 3.39. The minimum Gasteiger partial charge on any atom is -0.268 e. The van der Waals surface area contributed by atoms with Crippen LogP contribution in [0.25, 0.3) is 22.4 Å². The van der Waals surface area contributed by atoms with E-state index in [1.807, 2.05) is 77.2 Å². The number of hydrogen-bond donors (Lipinski definition) is 0. The highest BCUT2D eigenvalue weighted by Crippen LogP contribution is 2.32. The molecule has 0 aliphatic rings. The summed E-state index contributed by atoms with van der Waals surface area (Å²) in [5.74, 6) is 0.982. The van der Waals surface area contributed by atoms with Gasteiger partial charge in [-0.1, -0.05) is 71.4 Å². The van der Waals surface area contributed by atoms with E-state index in [1.165, 1.54) is 11.8 Å². The molecule has 0 radical (unpaired) electrons. The molecule has 0 spiro atoms. The maximum atomic E-state index is 13.3. The van der Waals surface area contributed by atoms with E-state index in [-0.39, 0.29) is 5.56 Å². The summed E-state index contributed by atoms with van der Waals surface area (Å²) >= 11 is 14.1. The first-order valence-corrected chi connectivity index (χ1v) is 10.9. The van der Waals surface area contributed by atoms with Crippen LogP contribution in [0.1, 0.15) is 5.56 Å². The zero-order valence-electron chi connectivity index (χ0n) is 15.5. The van der Waals surface area contributed by atoms with Crippen molar-refractivity contribution in [3.05, 3.63) is 98.8 Å². The van der Waals surface area contributed by atoms with E-state index in [0.717, 1.165) is 16.8 Å². The largest absolute Gasteiger partial charge is 0.268 e. The van der Waals surface area contributed by atoms with Crippen molar-refractivity contribution in [2.45, 2.75) is 10.9 Å². The van der Waals surface area contributed by atoms with Crippen LogP contribution in [0.3, 0.4) is 0 Å². The monoisotopic (exact) mass is 452 g/mol. The molecule has 30 heavy (non-hydrogen) atoms. The molecule has 0 atom stereocenters. The highest BCUT2D eigenvalue weighted by molar-refractivity contribution is 7.98. The van der Waals surface area contributed by atoms with Crippen molar-refractivity contribution >= 4 is 51.6 Å². The molecule has 148 valence electrons. The highest BCUT2D eigenvalue weighted by Gasteiger charge is 2.18. The van der Waals surface area contributed by atoms with Crippen molar-refractivity contribution in [1.29, 1.82) is 0 Å². The first-order chi connectivity index (χ1) is 14.6. The van der Waals surface area contributed by atoms with Crippen LogP contribution in [0.15, 0.2) is 82.7 Å². The van der Waals surface area contributed by atoms with E-state index < -0.39 is 0 Å². The third-order valence-corrected chi connectivity index (χ3v) is 6.48. The molecule has 8 heteroatoms. The summed E-state index contributed by atoms with van der Waals surface area (Å²) in [6.07, 6.45) is 0. The lowest BCUT2D eigenvalue weighted by molar-refractivity contribution is 0.930. The molecule has 0 fully saturated rings. The predicted molar refractivity (Wildman–Crippen MR) is 122 cm³/mol. The van der Waals surface area contributed by atoms with E-state index >= 15 is 0 Å². The van der Waals surface area contributed by atoms with Gasteiger partial charge in [-0.2, -0.15) is 0 Å². The van der Waals surface area contributed by atoms with Gasteiger partial charge < -0.3 is 0 Å². The van der Waals surface area contributed by atoms with Gasteiger partial charge in [-0.25, -0.2) is 4.57 Å². The third kappa shape index (κ3) is 3.17. The van der Waals surface area contributed by atoms with Gasteiger partial charge in [-0.15, -0.1) is 10.2 Å². The van der Waals surface area contributed by atoms with Crippen LogP contribution in [-0.4, -0.2) is 19.2 Å². The smallest absolute Gasteiger partial charge is 0.267 e. The molecule has 2 aromatic heterocycles. The van der Waals surface area contributed by atoms with Gasteiger partial charge in [0.05, 0.1) is 16.6 Å². The molecule has 0 aliphatic carbocycles. The second-order valence-electron chi connectivity index (χ2n) is 6.60. The molecule has 0 aliphatic heterocycles. The van der Waals surface area contributed by atoms with Crippen molar-refractivity contribution < 1.29 is 0 Å². The Bertz CT molecular complexity index is 1430. The van der Waals surface area contributed by atoms with Crippen LogP contribution in [0.5, 0.6) is 0 Å². The van der Waals surface area contributed by atoms with Gasteiger partial charge in [0, 0.05) is 15.8 Å². The van der Waals surface area contributed by atoms with Crippen molar-refractivity contribution in [2.75, 3.05) is 0 Å². The summed E-state index contributed by atoms with van der Waals surface area (Å²) in [5, 5.41) is 11.2. The van der Waals surface area contributed by atoms with Crippen LogP contribution in [0.4, 0.5) is 0 Å². The molecule has 0 amide bonds. The molecule has 0 saturated carbocycles. The fourth-order valence-corrected chi connectivity index (χ4v) is 5.07. The van der Waals surface area contributed by atoms with Crippen molar-refractivity contribution in [2.24, 2.45) is 0 Å². The number of hydrogen-bond acceptors (Lipinski definition) is 4. The van der Waals surface area contributed by atoms with Gasteiger partial charge in [0.15, 0.2) is 5.16 Å². The molecule has 5 rings (SSSR count). The van der Waals surface area contributed by atoms with Crippen molar-refractivity contribution in [3.8, 4) is 5.69 Å². The molecule has 0 saturated heterocycles. The van der Waals surface area contributed by atoms with Gasteiger partial charge in [0.25, 0.3) is 5.56 Å². The van der Waals surface area contributed by atoms with Crippen LogP contribution in [0, 0.1) is 0 Å². The number of aromatic nitrogens is 4. The third-order valence-electron chi connectivity index (χ3n) is 4.82. The zero-order valence-corrected chi connectivity index (χ0v) is 17.8. The lowest BCUT2D eigenvalue weighted by Crippen LogP contribution is -2.21. The second kappa shape index (κ2) is 7.80. The van der Waals surface area contributed by atoms with Gasteiger partial charge in [-0.3, -0.25) is 9.20 Å². The number of rotatable bonds is 4. The Hall–Kier alpha value is -2.80. The van der Waals surface area contributed by atoms with Crippen molar-refractivity contribution in [1.82, 2.24) is 19.2 Å². The Kier molecular flexibility index (Phi) is 4.98. The molecular weight excluding hydrogens is 439 g/mol. The molecule has 0 bridgehead atoms. The summed E-state index contributed by atoms with van der Waals surface area (Å²) in [4.78, 5) is 13.3. The minimum atomic E-state index is -0.137. The van der Waals surface area contributed by atoms with E-state index in [9.17, 15) is 4.79 Å². The van der Waals surface area contributed by atoms with E-state index in [1.54, 1.807) is 4.57 Å². The number of benzene rings is 3. The van der Waals surface area contributed by atoms with E-state index in [0.29, 0.717) is 32.1 Å². The van der Waals surface area contributed by atoms with Gasteiger partial charge in [0.2, 0.25) is 5.78 Å². The summed E-state index contributed by atoms with van der Waals surface area (Å²) in [6, 6.07) is 22.3. The molecule has 0 N–H and O–H groups in total. The molecule has 2 heterocycles. The number of nitrogens with zero attached hydrogens (tertiary/aromatic N) is 4. The zero-order chi connectivity index (χ0) is 20.7. The van der Waals surface area contributed by atoms with E-state index in [4.69, 9.17) is 23.2 Å². The van der Waals surface area contributed by atoms with Gasteiger partial charge in [0.1, 0.15) is 0 Å². The minimum absolute atomic E-state index is 0.137. The predicted octanol–water partition coefficient (Wildman–Crippen LogP) is 5.63. The Labute approximate surface area is 185 Å². The molecule has 5 aromatic rings. The normalized spacial score (nSPS) is 11.4.